The van der Waals surface area contributed by atoms with E-state index in [0.717, 1.165) is 15.7 Å². The summed E-state index contributed by atoms with van der Waals surface area (Å²) in [7, 11) is -3.96. The van der Waals surface area contributed by atoms with Crippen LogP contribution in [0.4, 0.5) is 10.1 Å². The van der Waals surface area contributed by atoms with Gasteiger partial charge in [-0.15, -0.1) is 0 Å². The molecule has 0 aliphatic rings. The normalized spacial score (nSPS) is 11.4. The fourth-order valence-electron chi connectivity index (χ4n) is 1.62. The van der Waals surface area contributed by atoms with E-state index < -0.39 is 22.4 Å². The average Bonchev–Trinajstić information content (AvgIpc) is 2.44. The Morgan fingerprint density at radius 2 is 1.86 bits per heavy atom. The smallest absolute Gasteiger partial charge is 0.262 e. The summed E-state index contributed by atoms with van der Waals surface area (Å²) in [6.07, 6.45) is 0. The van der Waals surface area contributed by atoms with Gasteiger partial charge >= 0.3 is 0 Å². The lowest BCUT2D eigenvalue weighted by Gasteiger charge is -2.10. The zero-order valence-corrected chi connectivity index (χ0v) is 14.2. The molecule has 0 bridgehead atoms. The van der Waals surface area contributed by atoms with Gasteiger partial charge in [0, 0.05) is 14.8 Å². The van der Waals surface area contributed by atoms with Gasteiger partial charge in [-0.05, 0) is 59.0 Å². The second-order valence-corrected chi connectivity index (χ2v) is 7.45. The molecule has 4 nitrogen and oxygen atoms in total. The Kier molecular flexibility index (Phi) is 5.07. The summed E-state index contributed by atoms with van der Waals surface area (Å²) in [5.74, 6) is -0.897. The molecule has 2 N–H and O–H groups in total. The van der Waals surface area contributed by atoms with E-state index in [1.165, 1.54) is 0 Å². The van der Waals surface area contributed by atoms with Gasteiger partial charge in [-0.25, -0.2) is 12.8 Å². The summed E-state index contributed by atoms with van der Waals surface area (Å²) < 4.78 is 41.3. The molecule has 8 heteroatoms. The first kappa shape index (κ1) is 16.5. The third kappa shape index (κ3) is 3.85. The van der Waals surface area contributed by atoms with Crippen molar-refractivity contribution in [1.82, 2.24) is 0 Å². The van der Waals surface area contributed by atoms with Crippen molar-refractivity contribution in [1.29, 1.82) is 0 Å². The number of anilines is 1. The highest BCUT2D eigenvalue weighted by Crippen LogP contribution is 2.26. The number of nitrogens with one attached hydrogen (secondary N) is 1. The molecular weight excluding hydrogens is 432 g/mol. The quantitative estimate of drug-likeness (QED) is 0.715. The zero-order valence-electron chi connectivity index (χ0n) is 10.5. The average molecular weight is 442 g/mol. The van der Waals surface area contributed by atoms with Gasteiger partial charge in [0.1, 0.15) is 5.82 Å². The van der Waals surface area contributed by atoms with Gasteiger partial charge in [0.2, 0.25) is 0 Å². The molecule has 0 saturated heterocycles. The van der Waals surface area contributed by atoms with Crippen molar-refractivity contribution in [2.24, 2.45) is 0 Å². The lowest BCUT2D eigenvalue weighted by molar-refractivity contribution is 0.281. The van der Waals surface area contributed by atoms with Gasteiger partial charge in [0.25, 0.3) is 10.0 Å². The lowest BCUT2D eigenvalue weighted by Crippen LogP contribution is -2.14. The minimum Gasteiger partial charge on any atom is -0.392 e. The molecule has 0 fully saturated rings. The van der Waals surface area contributed by atoms with E-state index in [1.807, 2.05) is 0 Å². The predicted octanol–water partition coefficient (Wildman–Crippen LogP) is 3.38. The van der Waals surface area contributed by atoms with Crippen LogP contribution in [0.25, 0.3) is 0 Å². The molecule has 2 rings (SSSR count). The highest BCUT2D eigenvalue weighted by molar-refractivity contribution is 14.1. The van der Waals surface area contributed by atoms with Crippen LogP contribution in [-0.4, -0.2) is 13.5 Å². The maximum Gasteiger partial charge on any atom is 0.262 e. The van der Waals surface area contributed by atoms with Crippen molar-refractivity contribution in [2.45, 2.75) is 11.5 Å². The summed E-state index contributed by atoms with van der Waals surface area (Å²) in [6.45, 7) is -0.553. The van der Waals surface area contributed by atoms with Gasteiger partial charge in [-0.2, -0.15) is 0 Å². The molecule has 0 spiro atoms. The summed E-state index contributed by atoms with van der Waals surface area (Å²) in [4.78, 5) is -0.299. The summed E-state index contributed by atoms with van der Waals surface area (Å²) >= 11 is 7.74. The van der Waals surface area contributed by atoms with Crippen molar-refractivity contribution in [3.8, 4) is 0 Å². The molecule has 0 aliphatic carbocycles. The number of benzene rings is 2. The highest BCUT2D eigenvalue weighted by Gasteiger charge is 2.19. The second kappa shape index (κ2) is 6.47. The van der Waals surface area contributed by atoms with Crippen LogP contribution in [0.1, 0.15) is 5.56 Å². The SMILES string of the molecule is O=S(=O)(Nc1ccc(I)cc1)c1cc(F)c(Cl)c(CO)c1. The van der Waals surface area contributed by atoms with Crippen LogP contribution in [0.5, 0.6) is 0 Å². The molecule has 0 atom stereocenters. The fraction of sp³-hybridized carbons (Fsp3) is 0.0769. The minimum absolute atomic E-state index is 0.0136. The van der Waals surface area contributed by atoms with E-state index in [0.29, 0.717) is 5.69 Å². The molecule has 0 heterocycles. The van der Waals surface area contributed by atoms with E-state index in [1.54, 1.807) is 24.3 Å². The van der Waals surface area contributed by atoms with E-state index in [9.17, 15) is 12.8 Å². The number of aliphatic hydroxyl groups is 1. The number of hydrogen-bond donors (Lipinski definition) is 2. The van der Waals surface area contributed by atoms with E-state index in [2.05, 4.69) is 27.3 Å². The molecule has 0 amide bonds. The van der Waals surface area contributed by atoms with Gasteiger partial charge < -0.3 is 5.11 Å². The van der Waals surface area contributed by atoms with Crippen molar-refractivity contribution >= 4 is 49.9 Å². The van der Waals surface area contributed by atoms with E-state index in [-0.39, 0.29) is 15.5 Å². The Balaban J connectivity index is 2.40. The summed E-state index contributed by atoms with van der Waals surface area (Å²) in [5, 5.41) is 8.80. The van der Waals surface area contributed by atoms with Gasteiger partial charge in [0.05, 0.1) is 16.5 Å². The third-order valence-corrected chi connectivity index (χ3v) is 5.16. The molecule has 112 valence electrons. The molecule has 2 aromatic carbocycles. The van der Waals surface area contributed by atoms with Gasteiger partial charge in [-0.1, -0.05) is 11.6 Å². The van der Waals surface area contributed by atoms with Crippen molar-refractivity contribution in [2.75, 3.05) is 4.72 Å². The Morgan fingerprint density at radius 1 is 1.24 bits per heavy atom. The monoisotopic (exact) mass is 441 g/mol. The molecule has 0 saturated carbocycles. The van der Waals surface area contributed by atoms with Crippen molar-refractivity contribution in [3.05, 3.63) is 56.4 Å². The minimum atomic E-state index is -3.96. The molecular formula is C13H10ClFINO3S. The molecule has 21 heavy (non-hydrogen) atoms. The number of aliphatic hydroxyl groups excluding tert-OH is 1. The maximum atomic E-state index is 13.6. The number of halogens is 3. The van der Waals surface area contributed by atoms with Crippen LogP contribution < -0.4 is 4.72 Å². The maximum absolute atomic E-state index is 13.6. The zero-order chi connectivity index (χ0) is 15.6. The number of sulfonamides is 1. The number of rotatable bonds is 4. The van der Waals surface area contributed by atoms with Crippen LogP contribution in [0, 0.1) is 9.39 Å². The van der Waals surface area contributed by atoms with Crippen LogP contribution in [0.2, 0.25) is 5.02 Å². The lowest BCUT2D eigenvalue weighted by atomic mass is 10.2. The predicted molar refractivity (Wildman–Crippen MR) is 87.3 cm³/mol. The van der Waals surface area contributed by atoms with Gasteiger partial charge in [-0.3, -0.25) is 4.72 Å². The highest BCUT2D eigenvalue weighted by atomic mass is 127. The molecule has 0 unspecified atom stereocenters. The standard InChI is InChI=1S/C13H10ClFINO3S/c14-13-8(7-18)5-11(6-12(13)15)21(19,20)17-10-3-1-9(16)2-4-10/h1-6,17-18H,7H2. The van der Waals surface area contributed by atoms with Crippen molar-refractivity contribution in [3.63, 3.8) is 0 Å². The second-order valence-electron chi connectivity index (χ2n) is 4.15. The topological polar surface area (TPSA) is 66.4 Å². The summed E-state index contributed by atoms with van der Waals surface area (Å²) in [5.41, 5.74) is 0.371. The molecule has 2 aromatic rings. The Labute approximate surface area is 140 Å². The van der Waals surface area contributed by atoms with Crippen LogP contribution in [0.15, 0.2) is 41.3 Å². The van der Waals surface area contributed by atoms with Crippen molar-refractivity contribution < 1.29 is 17.9 Å². The molecule has 0 aromatic heterocycles. The largest absolute Gasteiger partial charge is 0.392 e. The van der Waals surface area contributed by atoms with E-state index >= 15 is 0 Å². The van der Waals surface area contributed by atoms with Crippen LogP contribution >= 0.6 is 34.2 Å². The number of hydrogen-bond acceptors (Lipinski definition) is 3. The molecule has 0 radical (unpaired) electrons. The van der Waals surface area contributed by atoms with Crippen LogP contribution in [-0.2, 0) is 16.6 Å². The summed E-state index contributed by atoms with van der Waals surface area (Å²) in [6, 6.07) is 8.62. The first-order valence-electron chi connectivity index (χ1n) is 5.70. The first-order valence-corrected chi connectivity index (χ1v) is 8.64. The Morgan fingerprint density at radius 3 is 2.43 bits per heavy atom. The Hall–Kier alpha value is -0.900. The first-order chi connectivity index (χ1) is 9.83. The fourth-order valence-corrected chi connectivity index (χ4v) is 3.27. The Bertz CT molecular complexity index is 766. The molecule has 0 aliphatic heterocycles. The van der Waals surface area contributed by atoms with Crippen LogP contribution in [0.3, 0.4) is 0 Å². The third-order valence-electron chi connectivity index (χ3n) is 2.65. The van der Waals surface area contributed by atoms with E-state index in [4.69, 9.17) is 16.7 Å². The van der Waals surface area contributed by atoms with Gasteiger partial charge in [0.15, 0.2) is 0 Å².